The maximum atomic E-state index is 14.9. The van der Waals surface area contributed by atoms with Crippen molar-refractivity contribution < 1.29 is 62.0 Å². The molecule has 0 saturated heterocycles. The maximum absolute atomic E-state index is 14.9. The third-order valence-corrected chi connectivity index (χ3v) is 14.5. The van der Waals surface area contributed by atoms with Gasteiger partial charge < -0.3 is 55.4 Å². The highest BCUT2D eigenvalue weighted by molar-refractivity contribution is 5.89. The maximum Gasteiger partial charge on any atom is 0.328 e. The van der Waals surface area contributed by atoms with Crippen molar-refractivity contribution in [2.45, 2.75) is 180 Å². The Kier molecular flexibility index (Phi) is 26.4. The summed E-state index contributed by atoms with van der Waals surface area (Å²) < 4.78 is 35.1. The molecule has 3 aromatic rings. The van der Waals surface area contributed by atoms with Gasteiger partial charge in [0.25, 0.3) is 0 Å². The molecular weight excluding hydrogens is 1030 g/mol. The number of ketones is 1. The average Bonchev–Trinajstić information content (AvgIpc) is 3.43. The number of allylic oxidation sites excluding steroid dienone is 3. The van der Waals surface area contributed by atoms with Gasteiger partial charge in [-0.3, -0.25) is 24.0 Å². The first-order chi connectivity index (χ1) is 39.1. The van der Waals surface area contributed by atoms with E-state index in [0.29, 0.717) is 18.7 Å². The van der Waals surface area contributed by atoms with Crippen molar-refractivity contribution >= 4 is 41.4 Å². The van der Waals surface area contributed by atoms with Crippen LogP contribution in [0.15, 0.2) is 114 Å². The first-order valence-corrected chi connectivity index (χ1v) is 28.9. The van der Waals surface area contributed by atoms with E-state index < -0.39 is 59.5 Å². The van der Waals surface area contributed by atoms with Gasteiger partial charge in [0.15, 0.2) is 0 Å². The van der Waals surface area contributed by atoms with Gasteiger partial charge in [0, 0.05) is 43.8 Å². The molecule has 18 nitrogen and oxygen atoms in total. The number of nitrogens with two attached hydrogens (primary N) is 1. The zero-order valence-corrected chi connectivity index (χ0v) is 47.6. The summed E-state index contributed by atoms with van der Waals surface area (Å²) in [6.45, 7) is 6.49. The molecule has 3 aromatic carbocycles. The minimum atomic E-state index is -1.10. The van der Waals surface area contributed by atoms with Crippen molar-refractivity contribution in [3.05, 3.63) is 130 Å². The van der Waals surface area contributed by atoms with Gasteiger partial charge in [0.2, 0.25) is 17.7 Å². The van der Waals surface area contributed by atoms with E-state index in [1.165, 1.54) is 5.57 Å². The van der Waals surface area contributed by atoms with Gasteiger partial charge >= 0.3 is 17.9 Å². The highest BCUT2D eigenvalue weighted by Gasteiger charge is 2.32. The number of nitrogens with one attached hydrogen (secondary N) is 4. The summed E-state index contributed by atoms with van der Waals surface area (Å²) in [5.74, 6) is -2.39. The summed E-state index contributed by atoms with van der Waals surface area (Å²) in [4.78, 5) is 94.3. The van der Waals surface area contributed by atoms with Crippen LogP contribution in [0.25, 0.3) is 0 Å². The number of benzene rings is 3. The molecule has 0 spiro atoms. The third kappa shape index (κ3) is 23.2. The molecule has 0 bridgehead atoms. The molecule has 3 saturated carbocycles. The predicted molar refractivity (Wildman–Crippen MR) is 304 cm³/mol. The van der Waals surface area contributed by atoms with Crippen molar-refractivity contribution in [3.63, 3.8) is 0 Å². The summed E-state index contributed by atoms with van der Waals surface area (Å²) in [5, 5.41) is 12.0. The number of hydrogen-bond donors (Lipinski definition) is 5. The quantitative estimate of drug-likeness (QED) is 0.0161. The van der Waals surface area contributed by atoms with E-state index in [9.17, 15) is 33.6 Å². The van der Waals surface area contributed by atoms with E-state index in [-0.39, 0.29) is 109 Å². The van der Waals surface area contributed by atoms with Crippen LogP contribution in [0.1, 0.15) is 147 Å². The van der Waals surface area contributed by atoms with Crippen LogP contribution >= 0.6 is 0 Å². The Morgan fingerprint density at radius 3 is 1.59 bits per heavy atom. The Balaban J connectivity index is 1.12. The summed E-state index contributed by atoms with van der Waals surface area (Å²) in [6, 6.07) is 24.1. The number of rotatable bonds is 36. The summed E-state index contributed by atoms with van der Waals surface area (Å²) >= 11 is 0. The van der Waals surface area contributed by atoms with E-state index in [4.69, 9.17) is 34.2 Å². The number of carbonyl (C=O) groups is 7. The van der Waals surface area contributed by atoms with Gasteiger partial charge in [-0.05, 0) is 126 Å². The van der Waals surface area contributed by atoms with Gasteiger partial charge in [-0.15, -0.1) is 0 Å². The number of amides is 3. The number of esters is 3. The zero-order chi connectivity index (χ0) is 57.8. The smallest absolute Gasteiger partial charge is 0.328 e. The van der Waals surface area contributed by atoms with Gasteiger partial charge in [0.1, 0.15) is 55.4 Å². The third-order valence-electron chi connectivity index (χ3n) is 14.5. The highest BCUT2D eigenvalue weighted by atomic mass is 16.6. The summed E-state index contributed by atoms with van der Waals surface area (Å²) in [7, 11) is 0. The number of ether oxygens (including phenoxy) is 6. The number of carbonyl (C=O) groups excluding carboxylic acids is 7. The Morgan fingerprint density at radius 1 is 0.543 bits per heavy atom. The van der Waals surface area contributed by atoms with Crippen LogP contribution in [0, 0.1) is 5.92 Å². The van der Waals surface area contributed by atoms with Crippen LogP contribution in [0.2, 0.25) is 0 Å². The minimum absolute atomic E-state index is 0.00790. The van der Waals surface area contributed by atoms with Crippen LogP contribution in [0.5, 0.6) is 0 Å². The molecule has 6 N–H and O–H groups in total. The van der Waals surface area contributed by atoms with E-state index in [1.807, 2.05) is 91.0 Å². The molecule has 3 aliphatic rings. The van der Waals surface area contributed by atoms with Gasteiger partial charge in [-0.2, -0.15) is 0 Å². The van der Waals surface area contributed by atoms with Gasteiger partial charge in [0.05, 0.1) is 32.2 Å². The van der Waals surface area contributed by atoms with E-state index >= 15 is 0 Å². The van der Waals surface area contributed by atoms with Crippen LogP contribution < -0.4 is 27.0 Å². The van der Waals surface area contributed by atoms with E-state index in [2.05, 4.69) is 21.3 Å². The lowest BCUT2D eigenvalue weighted by Gasteiger charge is -2.29. The number of Topliss-reactive ketones (excluding diaryl/α,β-unsaturated/α-hetero) is 1. The van der Waals surface area contributed by atoms with Crippen molar-refractivity contribution in [1.29, 1.82) is 0 Å². The van der Waals surface area contributed by atoms with Gasteiger partial charge in [-0.25, -0.2) is 9.59 Å². The second-order valence-corrected chi connectivity index (χ2v) is 22.1. The largest absolute Gasteiger partial charge is 0.493 e. The monoisotopic (exact) mass is 1120 g/mol. The highest BCUT2D eigenvalue weighted by Crippen LogP contribution is 2.33. The second kappa shape index (κ2) is 33.8. The SMILES string of the molecule is CC(C)(C)OC(=O)C(N)CCC(=O)NCCOCCOCC(NC(CCC(=O)NC(CCC(=O)C1CCC1)C(=O)OCc1ccccc1)C(=O)NC(CCC(OCc1ccccc1)=C1CCC1)C(=O)OCc1ccccc1)=C1CCC1. The molecule has 0 heterocycles. The molecule has 6 rings (SSSR count). The van der Waals surface area contributed by atoms with Crippen LogP contribution in [-0.2, 0) is 81.8 Å². The fourth-order valence-corrected chi connectivity index (χ4v) is 9.10. The number of hydrogen-bond acceptors (Lipinski definition) is 15. The molecule has 4 unspecified atom stereocenters. The fourth-order valence-electron chi connectivity index (χ4n) is 9.10. The van der Waals surface area contributed by atoms with E-state index in [0.717, 1.165) is 85.8 Å². The van der Waals surface area contributed by atoms with Crippen molar-refractivity contribution in [2.75, 3.05) is 33.0 Å². The zero-order valence-electron chi connectivity index (χ0n) is 47.6. The fraction of sp³-hybridized carbons (Fsp3) is 0.540. The lowest BCUT2D eigenvalue weighted by Crippen LogP contribution is -2.51. The Morgan fingerprint density at radius 2 is 1.06 bits per heavy atom. The predicted octanol–water partition coefficient (Wildman–Crippen LogP) is 7.80. The lowest BCUT2D eigenvalue weighted by molar-refractivity contribution is -0.156. The molecule has 3 amide bonds. The van der Waals surface area contributed by atoms with Crippen LogP contribution in [0.3, 0.4) is 0 Å². The summed E-state index contributed by atoms with van der Waals surface area (Å²) in [5.41, 5.74) is 10.7. The van der Waals surface area contributed by atoms with Crippen molar-refractivity contribution in [1.82, 2.24) is 21.3 Å². The standard InChI is InChI=1S/C63H85N5O13/c1-63(2,3)81-60(73)50(64)28-34-57(70)65-36-37-76-38-39-77-43-54(47-22-13-23-47)66-51(31-35-58(71)67-52(29-32-55(69)48-24-14-25-48)61(74)79-41-45-18-9-5-10-19-45)59(72)68-53(62(75)80-42-46-20-11-6-12-21-46)30-33-56(49-26-15-27-49)78-40-44-16-7-4-8-17-44/h4-12,16-21,48,50-53,66H,13-15,22-43,64H2,1-3H3,(H,65,70)(H,67,71)(H,68,72). The minimum Gasteiger partial charge on any atom is -0.493 e. The first kappa shape index (κ1) is 63.3. The molecule has 440 valence electrons. The van der Waals surface area contributed by atoms with Crippen LogP contribution in [0.4, 0.5) is 0 Å². The summed E-state index contributed by atoms with van der Waals surface area (Å²) in [6.07, 6.45) is 8.51. The Bertz CT molecular complexity index is 2550. The molecule has 4 atom stereocenters. The van der Waals surface area contributed by atoms with Crippen molar-refractivity contribution in [2.24, 2.45) is 11.7 Å². The van der Waals surface area contributed by atoms with E-state index in [1.54, 1.807) is 20.8 Å². The molecule has 0 aromatic heterocycles. The van der Waals surface area contributed by atoms with Crippen molar-refractivity contribution in [3.8, 4) is 0 Å². The Hall–Kier alpha value is -6.89. The first-order valence-electron chi connectivity index (χ1n) is 28.9. The molecule has 81 heavy (non-hydrogen) atoms. The topological polar surface area (TPSA) is 249 Å². The average molecular weight is 1120 g/mol. The molecular formula is C63H85N5O13. The molecule has 3 aliphatic carbocycles. The molecule has 18 heteroatoms. The normalized spacial score (nSPS) is 15.4. The Labute approximate surface area is 477 Å². The lowest BCUT2D eigenvalue weighted by atomic mass is 9.80. The molecule has 3 fully saturated rings. The second-order valence-electron chi connectivity index (χ2n) is 22.1. The molecule has 0 radical (unpaired) electrons. The molecule has 0 aliphatic heterocycles. The van der Waals surface area contributed by atoms with Gasteiger partial charge in [-0.1, -0.05) is 97.4 Å². The van der Waals surface area contributed by atoms with Crippen LogP contribution in [-0.4, -0.2) is 104 Å².